The summed E-state index contributed by atoms with van der Waals surface area (Å²) in [7, 11) is 0. The number of rotatable bonds is 5. The van der Waals surface area contributed by atoms with Crippen LogP contribution in [0.4, 0.5) is 0 Å². The molecule has 0 bridgehead atoms. The number of benzene rings is 1. The molecule has 0 saturated heterocycles. The Bertz CT molecular complexity index is 243. The van der Waals surface area contributed by atoms with Gasteiger partial charge in [-0.15, -0.1) is 0 Å². The van der Waals surface area contributed by atoms with E-state index in [1.807, 2.05) is 0 Å². The zero-order valence-corrected chi connectivity index (χ0v) is 9.81. The Morgan fingerprint density at radius 3 is 2.38 bits per heavy atom. The SMILES string of the molecule is CCc1ccccc1CCCCBr. The second-order valence-electron chi connectivity index (χ2n) is 3.27. The Morgan fingerprint density at radius 1 is 1.08 bits per heavy atom. The van der Waals surface area contributed by atoms with Crippen LogP contribution in [0.2, 0.25) is 0 Å². The third kappa shape index (κ3) is 3.51. The van der Waals surface area contributed by atoms with Crippen molar-refractivity contribution in [3.63, 3.8) is 0 Å². The summed E-state index contributed by atoms with van der Waals surface area (Å²) in [6.45, 7) is 2.23. The average Bonchev–Trinajstić information content (AvgIpc) is 2.19. The standard InChI is InChI=1S/C12H17Br/c1-2-11-7-3-4-8-12(11)9-5-6-10-13/h3-4,7-8H,2,5-6,9-10H2,1H3. The van der Waals surface area contributed by atoms with Gasteiger partial charge in [0.1, 0.15) is 0 Å². The molecule has 0 saturated carbocycles. The molecule has 1 aromatic carbocycles. The molecule has 0 fully saturated rings. The van der Waals surface area contributed by atoms with Gasteiger partial charge in [0, 0.05) is 5.33 Å². The Hall–Kier alpha value is -0.300. The fraction of sp³-hybridized carbons (Fsp3) is 0.500. The molecule has 0 spiro atoms. The Kier molecular flexibility index (Phi) is 5.14. The molecular formula is C12H17Br. The van der Waals surface area contributed by atoms with Crippen molar-refractivity contribution in [2.75, 3.05) is 5.33 Å². The van der Waals surface area contributed by atoms with Crippen LogP contribution in [0.3, 0.4) is 0 Å². The van der Waals surface area contributed by atoms with Crippen LogP contribution in [-0.2, 0) is 12.8 Å². The molecule has 0 aliphatic carbocycles. The van der Waals surface area contributed by atoms with E-state index in [2.05, 4.69) is 47.1 Å². The zero-order chi connectivity index (χ0) is 9.52. The Labute approximate surface area is 89.5 Å². The summed E-state index contributed by atoms with van der Waals surface area (Å²) in [4.78, 5) is 0. The van der Waals surface area contributed by atoms with Gasteiger partial charge in [-0.25, -0.2) is 0 Å². The third-order valence-corrected chi connectivity index (χ3v) is 2.89. The van der Waals surface area contributed by atoms with Gasteiger partial charge in [0.25, 0.3) is 0 Å². The molecule has 1 heteroatoms. The predicted molar refractivity (Wildman–Crippen MR) is 62.6 cm³/mol. The van der Waals surface area contributed by atoms with Gasteiger partial charge in [0.2, 0.25) is 0 Å². The highest BCUT2D eigenvalue weighted by Crippen LogP contribution is 2.12. The van der Waals surface area contributed by atoms with Crippen molar-refractivity contribution in [2.45, 2.75) is 32.6 Å². The first-order valence-corrected chi connectivity index (χ1v) is 6.13. The summed E-state index contributed by atoms with van der Waals surface area (Å²) < 4.78 is 0. The summed E-state index contributed by atoms with van der Waals surface area (Å²) in [6, 6.07) is 8.77. The van der Waals surface area contributed by atoms with Gasteiger partial charge in [-0.2, -0.15) is 0 Å². The smallest absolute Gasteiger partial charge is 0.00314 e. The van der Waals surface area contributed by atoms with Crippen molar-refractivity contribution in [3.05, 3.63) is 35.4 Å². The molecule has 0 N–H and O–H groups in total. The van der Waals surface area contributed by atoms with Crippen LogP contribution in [0.15, 0.2) is 24.3 Å². The number of aryl methyl sites for hydroxylation is 2. The predicted octanol–water partition coefficient (Wildman–Crippen LogP) is 3.97. The Morgan fingerprint density at radius 2 is 1.77 bits per heavy atom. The molecule has 13 heavy (non-hydrogen) atoms. The lowest BCUT2D eigenvalue weighted by molar-refractivity contribution is 0.797. The minimum Gasteiger partial charge on any atom is -0.0928 e. The van der Waals surface area contributed by atoms with E-state index >= 15 is 0 Å². The lowest BCUT2D eigenvalue weighted by atomic mass is 10.0. The number of hydrogen-bond donors (Lipinski definition) is 0. The molecule has 72 valence electrons. The summed E-state index contributed by atoms with van der Waals surface area (Å²) in [5.74, 6) is 0. The van der Waals surface area contributed by atoms with Gasteiger partial charge in [0.15, 0.2) is 0 Å². The van der Waals surface area contributed by atoms with Crippen LogP contribution < -0.4 is 0 Å². The van der Waals surface area contributed by atoms with Gasteiger partial charge in [-0.05, 0) is 36.8 Å². The van der Waals surface area contributed by atoms with E-state index in [0.717, 1.165) is 11.8 Å². The molecule has 0 amide bonds. The third-order valence-electron chi connectivity index (χ3n) is 2.33. The van der Waals surface area contributed by atoms with Crippen LogP contribution in [-0.4, -0.2) is 5.33 Å². The summed E-state index contributed by atoms with van der Waals surface area (Å²) in [5.41, 5.74) is 3.04. The van der Waals surface area contributed by atoms with Crippen molar-refractivity contribution in [2.24, 2.45) is 0 Å². The van der Waals surface area contributed by atoms with Gasteiger partial charge in [-0.3, -0.25) is 0 Å². The topological polar surface area (TPSA) is 0 Å². The van der Waals surface area contributed by atoms with Gasteiger partial charge >= 0.3 is 0 Å². The van der Waals surface area contributed by atoms with Crippen molar-refractivity contribution in [1.82, 2.24) is 0 Å². The first-order chi connectivity index (χ1) is 6.38. The van der Waals surface area contributed by atoms with Gasteiger partial charge in [0.05, 0.1) is 0 Å². The highest BCUT2D eigenvalue weighted by atomic mass is 79.9. The molecular weight excluding hydrogens is 224 g/mol. The number of hydrogen-bond acceptors (Lipinski definition) is 0. The van der Waals surface area contributed by atoms with Gasteiger partial charge in [-0.1, -0.05) is 47.1 Å². The number of halogens is 1. The molecule has 0 aromatic heterocycles. The number of unbranched alkanes of at least 4 members (excludes halogenated alkanes) is 1. The van der Waals surface area contributed by atoms with Crippen LogP contribution in [0.5, 0.6) is 0 Å². The average molecular weight is 241 g/mol. The molecule has 0 unspecified atom stereocenters. The van der Waals surface area contributed by atoms with Crippen LogP contribution >= 0.6 is 15.9 Å². The van der Waals surface area contributed by atoms with Crippen LogP contribution in [0.25, 0.3) is 0 Å². The van der Waals surface area contributed by atoms with E-state index in [-0.39, 0.29) is 0 Å². The fourth-order valence-corrected chi connectivity index (χ4v) is 1.95. The molecule has 1 aromatic rings. The van der Waals surface area contributed by atoms with Crippen LogP contribution in [0.1, 0.15) is 30.9 Å². The quantitative estimate of drug-likeness (QED) is 0.540. The van der Waals surface area contributed by atoms with Gasteiger partial charge < -0.3 is 0 Å². The Balaban J connectivity index is 2.54. The van der Waals surface area contributed by atoms with E-state index in [1.165, 1.54) is 30.4 Å². The second kappa shape index (κ2) is 6.20. The minimum atomic E-state index is 1.13. The highest BCUT2D eigenvalue weighted by molar-refractivity contribution is 9.09. The lowest BCUT2D eigenvalue weighted by Crippen LogP contribution is -1.92. The normalized spacial score (nSPS) is 10.3. The summed E-state index contributed by atoms with van der Waals surface area (Å²) in [6.07, 6.45) is 4.96. The van der Waals surface area contributed by atoms with E-state index in [1.54, 1.807) is 0 Å². The first-order valence-electron chi connectivity index (χ1n) is 5.01. The van der Waals surface area contributed by atoms with Crippen LogP contribution in [0, 0.1) is 0 Å². The molecule has 0 radical (unpaired) electrons. The maximum Gasteiger partial charge on any atom is 0.00314 e. The molecule has 0 aliphatic heterocycles. The molecule has 0 heterocycles. The summed E-state index contributed by atoms with van der Waals surface area (Å²) >= 11 is 3.46. The number of alkyl halides is 1. The minimum absolute atomic E-state index is 1.13. The van der Waals surface area contributed by atoms with E-state index in [9.17, 15) is 0 Å². The fourth-order valence-electron chi connectivity index (χ4n) is 1.56. The van der Waals surface area contributed by atoms with Crippen molar-refractivity contribution in [1.29, 1.82) is 0 Å². The molecule has 0 nitrogen and oxygen atoms in total. The zero-order valence-electron chi connectivity index (χ0n) is 8.22. The van der Waals surface area contributed by atoms with E-state index in [4.69, 9.17) is 0 Å². The van der Waals surface area contributed by atoms with E-state index < -0.39 is 0 Å². The second-order valence-corrected chi connectivity index (χ2v) is 4.06. The largest absolute Gasteiger partial charge is 0.0928 e. The summed E-state index contributed by atoms with van der Waals surface area (Å²) in [5, 5.41) is 1.13. The molecule has 0 atom stereocenters. The maximum atomic E-state index is 3.46. The monoisotopic (exact) mass is 240 g/mol. The highest BCUT2D eigenvalue weighted by Gasteiger charge is 1.98. The maximum absolute atomic E-state index is 3.46. The van der Waals surface area contributed by atoms with Crippen molar-refractivity contribution in [3.8, 4) is 0 Å². The first kappa shape index (κ1) is 10.8. The molecule has 0 aliphatic rings. The van der Waals surface area contributed by atoms with Crippen molar-refractivity contribution < 1.29 is 0 Å². The van der Waals surface area contributed by atoms with Crippen molar-refractivity contribution >= 4 is 15.9 Å². The molecule has 1 rings (SSSR count). The lowest BCUT2D eigenvalue weighted by Gasteiger charge is -2.06. The van der Waals surface area contributed by atoms with E-state index in [0.29, 0.717) is 0 Å².